The third-order valence-electron chi connectivity index (χ3n) is 2.85. The van der Waals surface area contributed by atoms with Crippen molar-refractivity contribution in [1.29, 1.82) is 0 Å². The molecule has 3 rings (SSSR count). The van der Waals surface area contributed by atoms with Crippen molar-refractivity contribution in [2.45, 2.75) is 0 Å². The first-order chi connectivity index (χ1) is 8.16. The highest BCUT2D eigenvalue weighted by Crippen LogP contribution is 2.29. The zero-order valence-electron chi connectivity index (χ0n) is 8.68. The van der Waals surface area contributed by atoms with E-state index < -0.39 is 17.5 Å². The van der Waals surface area contributed by atoms with E-state index in [0.29, 0.717) is 10.8 Å². The number of fused-ring (bicyclic) bond motifs is 3. The van der Waals surface area contributed by atoms with Crippen molar-refractivity contribution < 1.29 is 13.2 Å². The second-order valence-electron chi connectivity index (χ2n) is 3.88. The average Bonchev–Trinajstić information content (AvgIpc) is 2.32. The van der Waals surface area contributed by atoms with Crippen molar-refractivity contribution in [2.24, 2.45) is 0 Å². The van der Waals surface area contributed by atoms with Gasteiger partial charge in [-0.25, -0.2) is 13.2 Å². The molecule has 0 nitrogen and oxygen atoms in total. The summed E-state index contributed by atoms with van der Waals surface area (Å²) in [5, 5.41) is 1.48. The topological polar surface area (TPSA) is 0 Å². The molecule has 0 spiro atoms. The molecule has 0 fully saturated rings. The summed E-state index contributed by atoms with van der Waals surface area (Å²) in [7, 11) is 0. The first-order valence-corrected chi connectivity index (χ1v) is 5.13. The third kappa shape index (κ3) is 1.46. The Morgan fingerprint density at radius 3 is 2.18 bits per heavy atom. The lowest BCUT2D eigenvalue weighted by Gasteiger charge is -2.06. The van der Waals surface area contributed by atoms with Crippen LogP contribution in [0, 0.1) is 17.5 Å². The molecule has 0 saturated heterocycles. The lowest BCUT2D eigenvalue weighted by Crippen LogP contribution is -1.87. The van der Waals surface area contributed by atoms with Gasteiger partial charge < -0.3 is 0 Å². The molecule has 3 heteroatoms. The summed E-state index contributed by atoms with van der Waals surface area (Å²) in [4.78, 5) is 0. The normalized spacial score (nSPS) is 11.2. The zero-order chi connectivity index (χ0) is 12.0. The standard InChI is InChI=1S/C14H7F3/c15-9-2-4-10-8(7-9)1-3-11-12(16)5-6-13(17)14(10)11/h1-7H. The molecule has 17 heavy (non-hydrogen) atoms. The molecule has 3 aromatic rings. The van der Waals surface area contributed by atoms with Gasteiger partial charge in [-0.15, -0.1) is 0 Å². The molecule has 3 aromatic carbocycles. The molecule has 0 radical (unpaired) electrons. The van der Waals surface area contributed by atoms with Crippen LogP contribution in [0.2, 0.25) is 0 Å². The molecule has 0 amide bonds. The van der Waals surface area contributed by atoms with Gasteiger partial charge in [-0.1, -0.05) is 18.2 Å². The van der Waals surface area contributed by atoms with Crippen LogP contribution in [0.15, 0.2) is 42.5 Å². The average molecular weight is 232 g/mol. The summed E-state index contributed by atoms with van der Waals surface area (Å²) in [6.45, 7) is 0. The van der Waals surface area contributed by atoms with Crippen molar-refractivity contribution in [2.75, 3.05) is 0 Å². The molecule has 0 aliphatic heterocycles. The third-order valence-corrected chi connectivity index (χ3v) is 2.85. The Morgan fingerprint density at radius 2 is 1.35 bits per heavy atom. The Bertz CT molecular complexity index is 732. The van der Waals surface area contributed by atoms with E-state index in [4.69, 9.17) is 0 Å². The number of halogens is 3. The lowest BCUT2D eigenvalue weighted by atomic mass is 10.0. The molecule has 0 N–H and O–H groups in total. The van der Waals surface area contributed by atoms with Crippen LogP contribution in [0.3, 0.4) is 0 Å². The van der Waals surface area contributed by atoms with Crippen LogP contribution >= 0.6 is 0 Å². The predicted octanol–water partition coefficient (Wildman–Crippen LogP) is 4.41. The molecular formula is C14H7F3. The number of hydrogen-bond acceptors (Lipinski definition) is 0. The van der Waals surface area contributed by atoms with Gasteiger partial charge in [0.05, 0.1) is 0 Å². The minimum atomic E-state index is -0.501. The van der Waals surface area contributed by atoms with E-state index in [2.05, 4.69) is 0 Å². The van der Waals surface area contributed by atoms with Crippen molar-refractivity contribution in [1.82, 2.24) is 0 Å². The summed E-state index contributed by atoms with van der Waals surface area (Å²) in [6.07, 6.45) is 0. The maximum absolute atomic E-state index is 13.7. The predicted molar refractivity (Wildman–Crippen MR) is 61.3 cm³/mol. The highest BCUT2D eigenvalue weighted by atomic mass is 19.1. The quantitative estimate of drug-likeness (QED) is 0.503. The first kappa shape index (κ1) is 10.1. The number of rotatable bonds is 0. The fourth-order valence-corrected chi connectivity index (χ4v) is 2.08. The summed E-state index contributed by atoms with van der Waals surface area (Å²) in [5.41, 5.74) is 0. The van der Waals surface area contributed by atoms with Gasteiger partial charge in [-0.2, -0.15) is 0 Å². The minimum absolute atomic E-state index is 0.197. The molecule has 0 aliphatic carbocycles. The smallest absolute Gasteiger partial charge is 0.131 e. The molecule has 0 atom stereocenters. The van der Waals surface area contributed by atoms with Crippen molar-refractivity contribution in [3.8, 4) is 0 Å². The summed E-state index contributed by atoms with van der Waals surface area (Å²) in [5.74, 6) is -1.38. The largest absolute Gasteiger partial charge is 0.207 e. The molecule has 0 aromatic heterocycles. The van der Waals surface area contributed by atoms with Crippen LogP contribution < -0.4 is 0 Å². The molecule has 0 heterocycles. The summed E-state index contributed by atoms with van der Waals surface area (Å²) >= 11 is 0. The van der Waals surface area contributed by atoms with Crippen LogP contribution in [0.1, 0.15) is 0 Å². The van der Waals surface area contributed by atoms with Crippen molar-refractivity contribution >= 4 is 21.5 Å². The van der Waals surface area contributed by atoms with E-state index in [1.165, 1.54) is 24.3 Å². The SMILES string of the molecule is Fc1ccc2c(ccc3c(F)ccc(F)c32)c1. The summed E-state index contributed by atoms with van der Waals surface area (Å²) in [6, 6.07) is 9.24. The van der Waals surface area contributed by atoms with Crippen LogP contribution in [0.25, 0.3) is 21.5 Å². The van der Waals surface area contributed by atoms with Gasteiger partial charge in [0.2, 0.25) is 0 Å². The van der Waals surface area contributed by atoms with Gasteiger partial charge in [0, 0.05) is 10.8 Å². The molecule has 0 unspecified atom stereocenters. The van der Waals surface area contributed by atoms with E-state index in [1.54, 1.807) is 6.07 Å². The van der Waals surface area contributed by atoms with Crippen molar-refractivity contribution in [3.05, 3.63) is 59.9 Å². The Labute approximate surface area is 95.3 Å². The van der Waals surface area contributed by atoms with Crippen LogP contribution in [0.4, 0.5) is 13.2 Å². The van der Waals surface area contributed by atoms with Crippen LogP contribution in [-0.2, 0) is 0 Å². The number of hydrogen-bond donors (Lipinski definition) is 0. The van der Waals surface area contributed by atoms with Crippen LogP contribution in [-0.4, -0.2) is 0 Å². The molecule has 0 bridgehead atoms. The van der Waals surface area contributed by atoms with E-state index in [1.807, 2.05) is 0 Å². The van der Waals surface area contributed by atoms with Crippen molar-refractivity contribution in [3.63, 3.8) is 0 Å². The van der Waals surface area contributed by atoms with E-state index >= 15 is 0 Å². The first-order valence-electron chi connectivity index (χ1n) is 5.13. The Hall–Kier alpha value is -2.03. The van der Waals surface area contributed by atoms with Gasteiger partial charge in [-0.05, 0) is 35.0 Å². The second kappa shape index (κ2) is 3.48. The zero-order valence-corrected chi connectivity index (χ0v) is 8.68. The highest BCUT2D eigenvalue weighted by Gasteiger charge is 2.09. The Kier molecular flexibility index (Phi) is 2.08. The number of benzene rings is 3. The fraction of sp³-hybridized carbons (Fsp3) is 0. The van der Waals surface area contributed by atoms with E-state index in [9.17, 15) is 13.2 Å². The van der Waals surface area contributed by atoms with Gasteiger partial charge >= 0.3 is 0 Å². The second-order valence-corrected chi connectivity index (χ2v) is 3.88. The summed E-state index contributed by atoms with van der Waals surface area (Å²) < 4.78 is 40.3. The lowest BCUT2D eigenvalue weighted by molar-refractivity contribution is 0.618. The molecule has 0 aliphatic rings. The monoisotopic (exact) mass is 232 g/mol. The van der Waals surface area contributed by atoms with Gasteiger partial charge in [-0.3, -0.25) is 0 Å². The highest BCUT2D eigenvalue weighted by molar-refractivity contribution is 6.07. The maximum Gasteiger partial charge on any atom is 0.131 e. The van der Waals surface area contributed by atoms with Crippen LogP contribution in [0.5, 0.6) is 0 Å². The van der Waals surface area contributed by atoms with Gasteiger partial charge in [0.25, 0.3) is 0 Å². The van der Waals surface area contributed by atoms with E-state index in [0.717, 1.165) is 12.1 Å². The maximum atomic E-state index is 13.7. The molecular weight excluding hydrogens is 225 g/mol. The van der Waals surface area contributed by atoms with E-state index in [-0.39, 0.29) is 10.8 Å². The Morgan fingerprint density at radius 1 is 0.647 bits per heavy atom. The molecule has 0 saturated carbocycles. The minimum Gasteiger partial charge on any atom is -0.207 e. The van der Waals surface area contributed by atoms with Gasteiger partial charge in [0.1, 0.15) is 17.5 Å². The fourth-order valence-electron chi connectivity index (χ4n) is 2.08. The molecule has 84 valence electrons. The van der Waals surface area contributed by atoms with Gasteiger partial charge in [0.15, 0.2) is 0 Å². The Balaban J connectivity index is 2.59.